The Morgan fingerprint density at radius 1 is 1.14 bits per heavy atom. The normalized spacial score (nSPS) is 11.2. The Labute approximate surface area is 164 Å². The van der Waals surface area contributed by atoms with Crippen LogP contribution in [0.2, 0.25) is 0 Å². The summed E-state index contributed by atoms with van der Waals surface area (Å²) in [7, 11) is -3.73. The SMILES string of the molecule is NS(=O)(=O)c1ccc(CCNC(=O)c2coc(NC(=O)c3cccs3)n2)cc1. The van der Waals surface area contributed by atoms with Crippen molar-refractivity contribution in [3.63, 3.8) is 0 Å². The van der Waals surface area contributed by atoms with Gasteiger partial charge in [-0.3, -0.25) is 14.9 Å². The smallest absolute Gasteiger partial charge is 0.302 e. The fourth-order valence-electron chi connectivity index (χ4n) is 2.26. The average Bonchev–Trinajstić information content (AvgIpc) is 3.33. The number of hydrogen-bond donors (Lipinski definition) is 3. The van der Waals surface area contributed by atoms with E-state index in [1.807, 2.05) is 0 Å². The van der Waals surface area contributed by atoms with Gasteiger partial charge < -0.3 is 9.73 Å². The summed E-state index contributed by atoms with van der Waals surface area (Å²) in [4.78, 5) is 28.5. The first kappa shape index (κ1) is 19.7. The van der Waals surface area contributed by atoms with Crippen LogP contribution < -0.4 is 15.8 Å². The highest BCUT2D eigenvalue weighted by Crippen LogP contribution is 2.13. The van der Waals surface area contributed by atoms with Crippen LogP contribution in [-0.4, -0.2) is 31.8 Å². The van der Waals surface area contributed by atoms with Crippen LogP contribution >= 0.6 is 11.3 Å². The second-order valence-electron chi connectivity index (χ2n) is 5.66. The van der Waals surface area contributed by atoms with E-state index in [1.165, 1.54) is 23.5 Å². The number of carbonyl (C=O) groups is 2. The van der Waals surface area contributed by atoms with Crippen LogP contribution in [0, 0.1) is 0 Å². The highest BCUT2D eigenvalue weighted by molar-refractivity contribution is 7.89. The van der Waals surface area contributed by atoms with Gasteiger partial charge in [0, 0.05) is 6.54 Å². The van der Waals surface area contributed by atoms with Gasteiger partial charge in [0.2, 0.25) is 10.0 Å². The van der Waals surface area contributed by atoms with E-state index in [0.29, 0.717) is 17.8 Å². The lowest BCUT2D eigenvalue weighted by Gasteiger charge is -2.04. The lowest BCUT2D eigenvalue weighted by molar-refractivity contribution is 0.0948. The number of anilines is 1. The average molecular weight is 420 g/mol. The molecule has 4 N–H and O–H groups in total. The molecule has 0 aliphatic rings. The van der Waals surface area contributed by atoms with Gasteiger partial charge in [0.15, 0.2) is 5.69 Å². The second-order valence-corrected chi connectivity index (χ2v) is 8.17. The molecule has 3 rings (SSSR count). The predicted molar refractivity (Wildman–Crippen MR) is 103 cm³/mol. The molecule has 0 unspecified atom stereocenters. The molecule has 0 radical (unpaired) electrons. The second kappa shape index (κ2) is 8.33. The van der Waals surface area contributed by atoms with E-state index in [0.717, 1.165) is 11.8 Å². The molecule has 9 nitrogen and oxygen atoms in total. The number of nitrogens with one attached hydrogen (secondary N) is 2. The molecule has 0 atom stereocenters. The third kappa shape index (κ3) is 5.03. The number of rotatable bonds is 7. The molecular weight excluding hydrogens is 404 g/mol. The number of benzene rings is 1. The molecule has 3 aromatic rings. The molecule has 0 aliphatic heterocycles. The van der Waals surface area contributed by atoms with Crippen molar-refractivity contribution in [1.82, 2.24) is 10.3 Å². The van der Waals surface area contributed by atoms with Gasteiger partial charge in [-0.1, -0.05) is 18.2 Å². The first-order valence-corrected chi connectivity index (χ1v) is 10.5. The van der Waals surface area contributed by atoms with Gasteiger partial charge in [-0.05, 0) is 35.6 Å². The lowest BCUT2D eigenvalue weighted by Crippen LogP contribution is -2.26. The standard InChI is InChI=1S/C17H16N4O5S2/c18-28(24,25)12-5-3-11(4-6-12)7-8-19-15(22)13-10-26-17(20-13)21-16(23)14-2-1-9-27-14/h1-6,9-10H,7-8H2,(H,19,22)(H2,18,24,25)(H,20,21,23). The Morgan fingerprint density at radius 2 is 1.89 bits per heavy atom. The van der Waals surface area contributed by atoms with Crippen molar-refractivity contribution in [3.05, 3.63) is 64.2 Å². The molecular formula is C17H16N4O5S2. The van der Waals surface area contributed by atoms with Crippen molar-refractivity contribution in [2.45, 2.75) is 11.3 Å². The molecule has 2 amide bonds. The number of oxazole rings is 1. The Hall–Kier alpha value is -3.02. The van der Waals surface area contributed by atoms with Gasteiger partial charge in [-0.2, -0.15) is 4.98 Å². The molecule has 146 valence electrons. The zero-order chi connectivity index (χ0) is 20.1. The number of thiophene rings is 1. The highest BCUT2D eigenvalue weighted by Gasteiger charge is 2.15. The third-order valence-electron chi connectivity index (χ3n) is 3.65. The van der Waals surface area contributed by atoms with Gasteiger partial charge in [-0.15, -0.1) is 11.3 Å². The zero-order valence-corrected chi connectivity index (χ0v) is 16.0. The Balaban J connectivity index is 1.50. The molecule has 0 bridgehead atoms. The molecule has 0 saturated heterocycles. The fourth-order valence-corrected chi connectivity index (χ4v) is 3.39. The van der Waals surface area contributed by atoms with Crippen molar-refractivity contribution in [3.8, 4) is 0 Å². The molecule has 1 aromatic carbocycles. The van der Waals surface area contributed by atoms with Crippen LogP contribution in [0.15, 0.2) is 57.4 Å². The number of hydrogen-bond acceptors (Lipinski definition) is 7. The number of nitrogens with two attached hydrogens (primary N) is 1. The summed E-state index contributed by atoms with van der Waals surface area (Å²) in [6.45, 7) is 0.303. The summed E-state index contributed by atoms with van der Waals surface area (Å²) in [5, 5.41) is 12.0. The van der Waals surface area contributed by atoms with Crippen molar-refractivity contribution in [2.24, 2.45) is 5.14 Å². The Bertz CT molecular complexity index is 1070. The van der Waals surface area contributed by atoms with Crippen LogP contribution in [0.3, 0.4) is 0 Å². The van der Waals surface area contributed by atoms with Crippen LogP contribution in [-0.2, 0) is 16.4 Å². The Kier molecular flexibility index (Phi) is 5.87. The predicted octanol–water partition coefficient (Wildman–Crippen LogP) is 1.61. The maximum absolute atomic E-state index is 12.1. The summed E-state index contributed by atoms with van der Waals surface area (Å²) in [5.41, 5.74) is 0.864. The van der Waals surface area contributed by atoms with E-state index in [1.54, 1.807) is 29.6 Å². The molecule has 2 aromatic heterocycles. The fraction of sp³-hybridized carbons (Fsp3) is 0.118. The number of sulfonamides is 1. The van der Waals surface area contributed by atoms with E-state index in [-0.39, 0.29) is 22.5 Å². The van der Waals surface area contributed by atoms with Crippen molar-refractivity contribution >= 4 is 39.2 Å². The van der Waals surface area contributed by atoms with Crippen LogP contribution in [0.4, 0.5) is 6.01 Å². The largest absolute Gasteiger partial charge is 0.431 e. The number of nitrogens with zero attached hydrogens (tertiary/aromatic N) is 1. The van der Waals surface area contributed by atoms with E-state index in [9.17, 15) is 18.0 Å². The monoisotopic (exact) mass is 420 g/mol. The number of primary sulfonamides is 1. The van der Waals surface area contributed by atoms with Crippen LogP contribution in [0.5, 0.6) is 0 Å². The maximum atomic E-state index is 12.1. The summed E-state index contributed by atoms with van der Waals surface area (Å²) < 4.78 is 27.5. The zero-order valence-electron chi connectivity index (χ0n) is 14.4. The quantitative estimate of drug-likeness (QED) is 0.529. The van der Waals surface area contributed by atoms with Crippen LogP contribution in [0.1, 0.15) is 25.7 Å². The van der Waals surface area contributed by atoms with Crippen molar-refractivity contribution in [2.75, 3.05) is 11.9 Å². The topological polar surface area (TPSA) is 144 Å². The Morgan fingerprint density at radius 3 is 2.54 bits per heavy atom. The number of aromatic nitrogens is 1. The summed E-state index contributed by atoms with van der Waals surface area (Å²) in [5.74, 6) is -0.826. The van der Waals surface area contributed by atoms with E-state index in [2.05, 4.69) is 15.6 Å². The van der Waals surface area contributed by atoms with E-state index in [4.69, 9.17) is 9.56 Å². The first-order chi connectivity index (χ1) is 13.3. The van der Waals surface area contributed by atoms with Gasteiger partial charge in [-0.25, -0.2) is 13.6 Å². The summed E-state index contributed by atoms with van der Waals surface area (Å²) in [6.07, 6.45) is 1.64. The maximum Gasteiger partial charge on any atom is 0.302 e. The van der Waals surface area contributed by atoms with Gasteiger partial charge in [0.1, 0.15) is 6.26 Å². The minimum Gasteiger partial charge on any atom is -0.431 e. The van der Waals surface area contributed by atoms with Crippen molar-refractivity contribution in [1.29, 1.82) is 0 Å². The minimum atomic E-state index is -3.73. The van der Waals surface area contributed by atoms with Gasteiger partial charge in [0.05, 0.1) is 9.77 Å². The van der Waals surface area contributed by atoms with Gasteiger partial charge in [0.25, 0.3) is 11.8 Å². The summed E-state index contributed by atoms with van der Waals surface area (Å²) >= 11 is 1.27. The molecule has 0 aliphatic carbocycles. The third-order valence-corrected chi connectivity index (χ3v) is 5.45. The molecule has 11 heteroatoms. The van der Waals surface area contributed by atoms with Crippen molar-refractivity contribution < 1.29 is 22.4 Å². The molecule has 0 spiro atoms. The van der Waals surface area contributed by atoms with E-state index < -0.39 is 15.9 Å². The number of carbonyl (C=O) groups excluding carboxylic acids is 2. The summed E-state index contributed by atoms with van der Waals surface area (Å²) in [6, 6.07) is 9.41. The minimum absolute atomic E-state index is 0.0278. The molecule has 0 fully saturated rings. The number of amides is 2. The molecule has 2 heterocycles. The molecule has 0 saturated carbocycles. The van der Waals surface area contributed by atoms with Gasteiger partial charge >= 0.3 is 6.01 Å². The highest BCUT2D eigenvalue weighted by atomic mass is 32.2. The molecule has 28 heavy (non-hydrogen) atoms. The lowest BCUT2D eigenvalue weighted by atomic mass is 10.1. The first-order valence-electron chi connectivity index (χ1n) is 8.03. The van der Waals surface area contributed by atoms with Crippen LogP contribution in [0.25, 0.3) is 0 Å². The van der Waals surface area contributed by atoms with E-state index >= 15 is 0 Å².